The summed E-state index contributed by atoms with van der Waals surface area (Å²) in [5, 5.41) is -0.0565. The number of fused-ring (bicyclic) bond motifs is 3. The average Bonchev–Trinajstić information content (AvgIpc) is 3.50. The summed E-state index contributed by atoms with van der Waals surface area (Å²) < 4.78 is 28.8. The van der Waals surface area contributed by atoms with Crippen LogP contribution in [0.25, 0.3) is 0 Å². The Kier molecular flexibility index (Phi) is 7.80. The maximum atomic E-state index is 15.5. The zero-order valence-corrected chi connectivity index (χ0v) is 24.0. The molecule has 5 rings (SSSR count). The van der Waals surface area contributed by atoms with E-state index in [4.69, 9.17) is 26.1 Å². The molecule has 0 aliphatic carbocycles. The minimum absolute atomic E-state index is 0.0565. The van der Waals surface area contributed by atoms with E-state index < -0.39 is 24.4 Å². The summed E-state index contributed by atoms with van der Waals surface area (Å²) in [7, 11) is 6.40. The molecule has 3 amide bonds. The molecule has 2 aliphatic rings. The Bertz CT molecular complexity index is 1490. The molecule has 0 fully saturated rings. The number of imidazole rings is 1. The molecule has 1 atom stereocenters. The third kappa shape index (κ3) is 5.16. The molecule has 0 saturated carbocycles. The number of halogens is 2. The van der Waals surface area contributed by atoms with E-state index in [9.17, 15) is 14.4 Å². The van der Waals surface area contributed by atoms with Gasteiger partial charge in [0.15, 0.2) is 17.5 Å². The lowest BCUT2D eigenvalue weighted by Gasteiger charge is -2.36. The monoisotopic (exact) mass is 590 g/mol. The van der Waals surface area contributed by atoms with Crippen LogP contribution in [0.3, 0.4) is 0 Å². The minimum Gasteiger partial charge on any atom is -0.481 e. The second kappa shape index (κ2) is 11.1. The molecule has 1 unspecified atom stereocenters. The molecule has 0 spiro atoms. The largest absolute Gasteiger partial charge is 0.481 e. The van der Waals surface area contributed by atoms with Crippen molar-refractivity contribution in [2.45, 2.75) is 25.6 Å². The van der Waals surface area contributed by atoms with Gasteiger partial charge in [0.2, 0.25) is 0 Å². The minimum atomic E-state index is -0.804. The van der Waals surface area contributed by atoms with Crippen molar-refractivity contribution in [3.63, 3.8) is 0 Å². The van der Waals surface area contributed by atoms with E-state index in [1.807, 2.05) is 4.57 Å². The molecule has 3 aromatic rings. The van der Waals surface area contributed by atoms with Gasteiger partial charge in [0.25, 0.3) is 17.7 Å². The van der Waals surface area contributed by atoms with E-state index in [2.05, 4.69) is 4.98 Å². The van der Waals surface area contributed by atoms with E-state index in [1.54, 1.807) is 33.1 Å². The number of carbonyl (C=O) groups excluding carboxylic acids is 3. The van der Waals surface area contributed by atoms with E-state index in [1.165, 1.54) is 28.0 Å². The molecule has 3 aromatic heterocycles. The molecule has 5 heterocycles. The molecule has 40 heavy (non-hydrogen) atoms. The molecule has 212 valence electrons. The van der Waals surface area contributed by atoms with Crippen LogP contribution in [0.5, 0.6) is 5.75 Å². The predicted octanol–water partition coefficient (Wildman–Crippen LogP) is 2.62. The summed E-state index contributed by atoms with van der Waals surface area (Å²) in [4.78, 5) is 52.0. The standard InChI is InChI=1S/C26H28ClFN6O5S/c1-31(2)25(36)16-5-6-17(24(27)30-16)39-13-20(35)34-8-7-15-21(33-9-10-38-12-19(33)29-15)22(34)23-14(28)11-18(40-23)26(37)32(3)4/h5-6,11,22H,7-10,12-13H2,1-4H3. The number of pyridine rings is 1. The third-order valence-electron chi connectivity index (χ3n) is 6.70. The van der Waals surface area contributed by atoms with Gasteiger partial charge in [0.05, 0.1) is 27.7 Å². The van der Waals surface area contributed by atoms with E-state index >= 15 is 4.39 Å². The van der Waals surface area contributed by atoms with Crippen LogP contribution < -0.4 is 4.74 Å². The molecule has 14 heteroatoms. The highest BCUT2D eigenvalue weighted by atomic mass is 35.5. The Balaban J connectivity index is 1.46. The Hall–Kier alpha value is -3.55. The lowest BCUT2D eigenvalue weighted by atomic mass is 10.00. The first-order valence-electron chi connectivity index (χ1n) is 12.5. The summed E-state index contributed by atoms with van der Waals surface area (Å²) in [5.41, 5.74) is 1.63. The van der Waals surface area contributed by atoms with Gasteiger partial charge in [-0.05, 0) is 18.2 Å². The van der Waals surface area contributed by atoms with Gasteiger partial charge in [0, 0.05) is 47.7 Å². The molecule has 2 aliphatic heterocycles. The zero-order valence-electron chi connectivity index (χ0n) is 22.4. The third-order valence-corrected chi connectivity index (χ3v) is 8.12. The number of amides is 3. The lowest BCUT2D eigenvalue weighted by Crippen LogP contribution is -2.44. The van der Waals surface area contributed by atoms with Gasteiger partial charge in [-0.1, -0.05) is 11.6 Å². The number of carbonyl (C=O) groups is 3. The molecule has 0 saturated heterocycles. The fraction of sp³-hybridized carbons (Fsp3) is 0.423. The molecule has 0 bridgehead atoms. The summed E-state index contributed by atoms with van der Waals surface area (Å²) in [6, 6.07) is 3.36. The maximum absolute atomic E-state index is 15.5. The summed E-state index contributed by atoms with van der Waals surface area (Å²) >= 11 is 7.27. The van der Waals surface area contributed by atoms with Crippen molar-refractivity contribution >= 4 is 40.7 Å². The second-order valence-corrected chi connectivity index (χ2v) is 11.2. The van der Waals surface area contributed by atoms with Crippen molar-refractivity contribution in [3.8, 4) is 5.75 Å². The first kappa shape index (κ1) is 28.0. The summed E-state index contributed by atoms with van der Waals surface area (Å²) in [5.74, 6) is -0.761. The van der Waals surface area contributed by atoms with Gasteiger partial charge < -0.3 is 28.7 Å². The van der Waals surface area contributed by atoms with Gasteiger partial charge in [-0.15, -0.1) is 11.3 Å². The van der Waals surface area contributed by atoms with Crippen LogP contribution in [-0.2, 0) is 29.1 Å². The summed E-state index contributed by atoms with van der Waals surface area (Å²) in [6.07, 6.45) is 0.470. The zero-order chi connectivity index (χ0) is 28.7. The smallest absolute Gasteiger partial charge is 0.271 e. The van der Waals surface area contributed by atoms with Crippen LogP contribution in [-0.4, -0.2) is 94.9 Å². The highest BCUT2D eigenvalue weighted by Crippen LogP contribution is 2.41. The van der Waals surface area contributed by atoms with E-state index in [-0.39, 0.29) is 44.7 Å². The van der Waals surface area contributed by atoms with Gasteiger partial charge in [-0.2, -0.15) is 0 Å². The molecular formula is C26H28ClFN6O5S. The van der Waals surface area contributed by atoms with Crippen LogP contribution in [0, 0.1) is 5.82 Å². The number of hydrogen-bond donors (Lipinski definition) is 0. The second-order valence-electron chi connectivity index (χ2n) is 9.80. The molecular weight excluding hydrogens is 563 g/mol. The van der Waals surface area contributed by atoms with Gasteiger partial charge in [-0.3, -0.25) is 14.4 Å². The normalized spacial score (nSPS) is 16.2. The molecule has 11 nitrogen and oxygen atoms in total. The number of rotatable bonds is 6. The Morgan fingerprint density at radius 3 is 2.60 bits per heavy atom. The fourth-order valence-electron chi connectivity index (χ4n) is 4.77. The number of hydrogen-bond acceptors (Lipinski definition) is 8. The Labute approximate surface area is 239 Å². The SMILES string of the molecule is CN(C)C(=O)c1ccc(OCC(=O)N2CCc3nc4n(c3C2c2sc(C(=O)N(C)C)cc2F)CCOC4)c(Cl)n1. The van der Waals surface area contributed by atoms with E-state index in [0.29, 0.717) is 31.9 Å². The first-order valence-corrected chi connectivity index (χ1v) is 13.7. The van der Waals surface area contributed by atoms with Crippen molar-refractivity contribution in [2.75, 3.05) is 47.9 Å². The van der Waals surface area contributed by atoms with Crippen LogP contribution in [0.15, 0.2) is 18.2 Å². The van der Waals surface area contributed by atoms with Crippen molar-refractivity contribution in [1.82, 2.24) is 29.2 Å². The van der Waals surface area contributed by atoms with Crippen molar-refractivity contribution in [2.24, 2.45) is 0 Å². The highest BCUT2D eigenvalue weighted by molar-refractivity contribution is 7.14. The molecule has 0 radical (unpaired) electrons. The molecule has 0 aromatic carbocycles. The van der Waals surface area contributed by atoms with Crippen molar-refractivity contribution < 1.29 is 28.2 Å². The lowest BCUT2D eigenvalue weighted by molar-refractivity contribution is -0.135. The van der Waals surface area contributed by atoms with Gasteiger partial charge in [0.1, 0.15) is 30.0 Å². The number of nitrogens with zero attached hydrogens (tertiary/aromatic N) is 6. The van der Waals surface area contributed by atoms with Gasteiger partial charge >= 0.3 is 0 Å². The molecule has 0 N–H and O–H groups in total. The quantitative estimate of drug-likeness (QED) is 0.406. The van der Waals surface area contributed by atoms with Crippen LogP contribution in [0.2, 0.25) is 5.15 Å². The first-order chi connectivity index (χ1) is 19.1. The van der Waals surface area contributed by atoms with E-state index in [0.717, 1.165) is 22.9 Å². The van der Waals surface area contributed by atoms with Gasteiger partial charge in [-0.25, -0.2) is 14.4 Å². The number of thiophene rings is 1. The van der Waals surface area contributed by atoms with Crippen LogP contribution in [0.1, 0.15) is 48.3 Å². The average molecular weight is 591 g/mol. The Morgan fingerprint density at radius 2 is 1.90 bits per heavy atom. The van der Waals surface area contributed by atoms with Crippen LogP contribution in [0.4, 0.5) is 4.39 Å². The topological polar surface area (TPSA) is 110 Å². The van der Waals surface area contributed by atoms with Crippen LogP contribution >= 0.6 is 22.9 Å². The Morgan fingerprint density at radius 1 is 1.15 bits per heavy atom. The fourth-order valence-corrected chi connectivity index (χ4v) is 6.15. The van der Waals surface area contributed by atoms with Crippen molar-refractivity contribution in [1.29, 1.82) is 0 Å². The predicted molar refractivity (Wildman–Crippen MR) is 144 cm³/mol. The maximum Gasteiger partial charge on any atom is 0.271 e. The highest BCUT2D eigenvalue weighted by Gasteiger charge is 2.40. The van der Waals surface area contributed by atoms with Crippen molar-refractivity contribution in [3.05, 3.63) is 61.8 Å². The number of ether oxygens (including phenoxy) is 2. The number of aromatic nitrogens is 3. The summed E-state index contributed by atoms with van der Waals surface area (Å²) in [6.45, 7) is 1.19.